The minimum Gasteiger partial charge on any atom is -0.497 e. The molecule has 0 aliphatic rings. The van der Waals surface area contributed by atoms with Crippen molar-refractivity contribution >= 4 is 18.0 Å². The van der Waals surface area contributed by atoms with Gasteiger partial charge in [-0.2, -0.15) is 0 Å². The molecule has 0 bridgehead atoms. The molecule has 0 aliphatic heterocycles. The van der Waals surface area contributed by atoms with Crippen molar-refractivity contribution in [2.45, 2.75) is 4.90 Å². The molecule has 1 aromatic rings. The highest BCUT2D eigenvalue weighted by molar-refractivity contribution is 7.98. The Hall–Kier alpha value is -1.16. The monoisotopic (exact) mass is 197 g/mol. The second-order valence-corrected chi connectivity index (χ2v) is 3.20. The van der Waals surface area contributed by atoms with E-state index in [4.69, 9.17) is 9.94 Å². The maximum absolute atomic E-state index is 8.40. The molecule has 0 amide bonds. The molecule has 3 nitrogen and oxygen atoms in total. The van der Waals surface area contributed by atoms with Crippen LogP contribution in [-0.4, -0.2) is 24.8 Å². The van der Waals surface area contributed by atoms with Crippen molar-refractivity contribution in [2.75, 3.05) is 13.4 Å². The van der Waals surface area contributed by atoms with Crippen LogP contribution in [0.4, 0.5) is 0 Å². The minimum absolute atomic E-state index is 0.805. The van der Waals surface area contributed by atoms with Crippen LogP contribution in [0.2, 0.25) is 0 Å². The third-order valence-electron chi connectivity index (χ3n) is 1.64. The third kappa shape index (κ3) is 2.39. The molecule has 0 saturated heterocycles. The molecule has 1 aromatic carbocycles. The number of oxime groups is 1. The molecule has 1 N–H and O–H groups in total. The number of hydrogen-bond acceptors (Lipinski definition) is 4. The van der Waals surface area contributed by atoms with E-state index >= 15 is 0 Å². The van der Waals surface area contributed by atoms with Crippen molar-refractivity contribution < 1.29 is 9.94 Å². The molecule has 0 fully saturated rings. The molecule has 13 heavy (non-hydrogen) atoms. The summed E-state index contributed by atoms with van der Waals surface area (Å²) < 4.78 is 5.07. The third-order valence-corrected chi connectivity index (χ3v) is 2.43. The maximum atomic E-state index is 8.40. The smallest absolute Gasteiger partial charge is 0.120 e. The van der Waals surface area contributed by atoms with Crippen molar-refractivity contribution in [1.29, 1.82) is 0 Å². The van der Waals surface area contributed by atoms with Crippen LogP contribution in [-0.2, 0) is 0 Å². The first kappa shape index (κ1) is 9.92. The van der Waals surface area contributed by atoms with Gasteiger partial charge in [0.05, 0.1) is 13.3 Å². The molecular weight excluding hydrogens is 186 g/mol. The lowest BCUT2D eigenvalue weighted by atomic mass is 10.2. The van der Waals surface area contributed by atoms with E-state index in [9.17, 15) is 0 Å². The summed E-state index contributed by atoms with van der Waals surface area (Å²) in [6.45, 7) is 0. The zero-order chi connectivity index (χ0) is 9.68. The molecule has 0 saturated carbocycles. The van der Waals surface area contributed by atoms with Gasteiger partial charge in [-0.3, -0.25) is 0 Å². The summed E-state index contributed by atoms with van der Waals surface area (Å²) in [5, 5.41) is 11.4. The molecule has 0 heterocycles. The molecule has 0 aromatic heterocycles. The zero-order valence-corrected chi connectivity index (χ0v) is 8.34. The normalized spacial score (nSPS) is 10.6. The first-order chi connectivity index (χ1) is 6.31. The number of hydrogen-bond donors (Lipinski definition) is 1. The second-order valence-electron chi connectivity index (χ2n) is 2.35. The van der Waals surface area contributed by atoms with Gasteiger partial charge in [-0.15, -0.1) is 11.8 Å². The Kier molecular flexibility index (Phi) is 3.64. The van der Waals surface area contributed by atoms with Gasteiger partial charge in [-0.25, -0.2) is 0 Å². The fraction of sp³-hybridized carbons (Fsp3) is 0.222. The summed E-state index contributed by atoms with van der Waals surface area (Å²) in [4.78, 5) is 1.03. The van der Waals surface area contributed by atoms with Gasteiger partial charge < -0.3 is 9.94 Å². The molecule has 0 radical (unpaired) electrons. The fourth-order valence-electron chi connectivity index (χ4n) is 0.987. The first-order valence-electron chi connectivity index (χ1n) is 3.71. The fourth-order valence-corrected chi connectivity index (χ4v) is 1.58. The van der Waals surface area contributed by atoms with Gasteiger partial charge in [0, 0.05) is 10.5 Å². The van der Waals surface area contributed by atoms with Crippen LogP contribution >= 0.6 is 11.8 Å². The van der Waals surface area contributed by atoms with Gasteiger partial charge in [0.15, 0.2) is 0 Å². The number of methoxy groups -OCH3 is 1. The predicted molar refractivity (Wildman–Crippen MR) is 54.2 cm³/mol. The molecule has 1 rings (SSSR count). The van der Waals surface area contributed by atoms with Crippen LogP contribution in [0.15, 0.2) is 28.3 Å². The molecular formula is C9H11NO2S. The Labute approximate surface area is 81.4 Å². The van der Waals surface area contributed by atoms with E-state index in [0.717, 1.165) is 16.2 Å². The summed E-state index contributed by atoms with van der Waals surface area (Å²) >= 11 is 1.58. The Bertz CT molecular complexity index is 312. The summed E-state index contributed by atoms with van der Waals surface area (Å²) in [6, 6.07) is 5.59. The summed E-state index contributed by atoms with van der Waals surface area (Å²) in [6.07, 6.45) is 3.37. The summed E-state index contributed by atoms with van der Waals surface area (Å²) in [5.41, 5.74) is 0.885. The van der Waals surface area contributed by atoms with E-state index in [2.05, 4.69) is 5.16 Å². The van der Waals surface area contributed by atoms with E-state index in [1.165, 1.54) is 6.21 Å². The average molecular weight is 197 g/mol. The van der Waals surface area contributed by atoms with E-state index in [0.29, 0.717) is 0 Å². The molecule has 0 atom stereocenters. The van der Waals surface area contributed by atoms with Gasteiger partial charge in [-0.05, 0) is 24.5 Å². The van der Waals surface area contributed by atoms with Crippen molar-refractivity contribution in [1.82, 2.24) is 0 Å². The highest BCUT2D eigenvalue weighted by Gasteiger charge is 2.00. The lowest BCUT2D eigenvalue weighted by Crippen LogP contribution is -1.88. The topological polar surface area (TPSA) is 41.8 Å². The van der Waals surface area contributed by atoms with Crippen LogP contribution < -0.4 is 4.74 Å². The van der Waals surface area contributed by atoms with Crippen molar-refractivity contribution in [2.24, 2.45) is 5.16 Å². The molecule has 4 heteroatoms. The SMILES string of the molecule is COc1ccc(C=NO)c(SC)c1. The van der Waals surface area contributed by atoms with Crippen LogP contribution in [0, 0.1) is 0 Å². The number of ether oxygens (including phenoxy) is 1. The number of nitrogens with zero attached hydrogens (tertiary/aromatic N) is 1. The number of rotatable bonds is 3. The quantitative estimate of drug-likeness (QED) is 0.349. The van der Waals surface area contributed by atoms with E-state index in [1.54, 1.807) is 18.9 Å². The van der Waals surface area contributed by atoms with Crippen LogP contribution in [0.5, 0.6) is 5.75 Å². The van der Waals surface area contributed by atoms with Gasteiger partial charge in [0.25, 0.3) is 0 Å². The van der Waals surface area contributed by atoms with Crippen molar-refractivity contribution in [3.63, 3.8) is 0 Å². The highest BCUT2D eigenvalue weighted by Crippen LogP contribution is 2.24. The second kappa shape index (κ2) is 4.77. The van der Waals surface area contributed by atoms with E-state index in [1.807, 2.05) is 24.5 Å². The maximum Gasteiger partial charge on any atom is 0.120 e. The summed E-state index contributed by atoms with van der Waals surface area (Å²) in [7, 11) is 1.62. The van der Waals surface area contributed by atoms with Crippen molar-refractivity contribution in [3.8, 4) is 5.75 Å². The molecule has 0 spiro atoms. The van der Waals surface area contributed by atoms with Crippen LogP contribution in [0.1, 0.15) is 5.56 Å². The summed E-state index contributed by atoms with van der Waals surface area (Å²) in [5.74, 6) is 0.805. The van der Waals surface area contributed by atoms with E-state index < -0.39 is 0 Å². The van der Waals surface area contributed by atoms with Crippen LogP contribution in [0.25, 0.3) is 0 Å². The lowest BCUT2D eigenvalue weighted by Gasteiger charge is -2.04. The highest BCUT2D eigenvalue weighted by atomic mass is 32.2. The zero-order valence-electron chi connectivity index (χ0n) is 7.52. The Morgan fingerprint density at radius 3 is 2.85 bits per heavy atom. The van der Waals surface area contributed by atoms with Gasteiger partial charge >= 0.3 is 0 Å². The van der Waals surface area contributed by atoms with Gasteiger partial charge in [0.1, 0.15) is 5.75 Å². The first-order valence-corrected chi connectivity index (χ1v) is 4.93. The standard InChI is InChI=1S/C9H11NO2S/c1-12-8-4-3-7(6-10-11)9(5-8)13-2/h3-6,11H,1-2H3. The average Bonchev–Trinajstić information content (AvgIpc) is 2.19. The lowest BCUT2D eigenvalue weighted by molar-refractivity contribution is 0.321. The number of benzene rings is 1. The Balaban J connectivity index is 3.07. The molecule has 0 aliphatic carbocycles. The molecule has 0 unspecified atom stereocenters. The Morgan fingerprint density at radius 2 is 2.31 bits per heavy atom. The van der Waals surface area contributed by atoms with Crippen molar-refractivity contribution in [3.05, 3.63) is 23.8 Å². The van der Waals surface area contributed by atoms with Gasteiger partial charge in [0.2, 0.25) is 0 Å². The van der Waals surface area contributed by atoms with E-state index in [-0.39, 0.29) is 0 Å². The molecule has 70 valence electrons. The van der Waals surface area contributed by atoms with Crippen LogP contribution in [0.3, 0.4) is 0 Å². The predicted octanol–water partition coefficient (Wildman–Crippen LogP) is 2.23. The largest absolute Gasteiger partial charge is 0.497 e. The minimum atomic E-state index is 0.805. The van der Waals surface area contributed by atoms with Gasteiger partial charge in [-0.1, -0.05) is 5.16 Å². The Morgan fingerprint density at radius 1 is 1.54 bits per heavy atom. The number of thioether (sulfide) groups is 1.